The first-order chi connectivity index (χ1) is 11.4. The monoisotopic (exact) mass is 337 g/mol. The number of rotatable bonds is 3. The van der Waals surface area contributed by atoms with Crippen LogP contribution in [0.4, 0.5) is 14.5 Å². The van der Waals surface area contributed by atoms with Crippen LogP contribution < -0.4 is 10.6 Å². The van der Waals surface area contributed by atoms with E-state index in [1.54, 1.807) is 4.90 Å². The van der Waals surface area contributed by atoms with Crippen molar-refractivity contribution >= 4 is 17.5 Å². The summed E-state index contributed by atoms with van der Waals surface area (Å²) in [5, 5.41) is 6.00. The standard InChI is InChI=1S/C17H21F2N3O2/c1-2-3-4-15(23)22-7-5-17(6-8-22)20-14-10-13(19)12(18)9-11(14)16(24)21-17/h9-10,20H,2-8H2,1H3,(H,21,24). The molecule has 0 aliphatic carbocycles. The lowest BCUT2D eigenvalue weighted by molar-refractivity contribution is -0.132. The van der Waals surface area contributed by atoms with E-state index in [-0.39, 0.29) is 11.5 Å². The van der Waals surface area contributed by atoms with Gasteiger partial charge in [-0.1, -0.05) is 13.3 Å². The lowest BCUT2D eigenvalue weighted by atomic mass is 9.92. The van der Waals surface area contributed by atoms with E-state index in [2.05, 4.69) is 10.6 Å². The van der Waals surface area contributed by atoms with Gasteiger partial charge in [-0.3, -0.25) is 9.59 Å². The molecular formula is C17H21F2N3O2. The van der Waals surface area contributed by atoms with Crippen LogP contribution in [0.1, 0.15) is 49.4 Å². The van der Waals surface area contributed by atoms with Crippen molar-refractivity contribution in [2.45, 2.75) is 44.7 Å². The minimum Gasteiger partial charge on any atom is -0.362 e. The number of benzene rings is 1. The second kappa shape index (κ2) is 6.37. The summed E-state index contributed by atoms with van der Waals surface area (Å²) in [6.45, 7) is 3.09. The van der Waals surface area contributed by atoms with Crippen molar-refractivity contribution in [1.29, 1.82) is 0 Å². The number of unbranched alkanes of at least 4 members (excludes halogenated alkanes) is 1. The molecule has 5 nitrogen and oxygen atoms in total. The molecule has 1 saturated heterocycles. The molecular weight excluding hydrogens is 316 g/mol. The maximum atomic E-state index is 13.5. The Morgan fingerprint density at radius 1 is 1.21 bits per heavy atom. The highest BCUT2D eigenvalue weighted by atomic mass is 19.2. The van der Waals surface area contributed by atoms with Gasteiger partial charge in [0.1, 0.15) is 5.66 Å². The highest BCUT2D eigenvalue weighted by Gasteiger charge is 2.41. The first kappa shape index (κ1) is 16.7. The van der Waals surface area contributed by atoms with Crippen LogP contribution in [0.3, 0.4) is 0 Å². The largest absolute Gasteiger partial charge is 0.362 e. The Morgan fingerprint density at radius 2 is 1.88 bits per heavy atom. The lowest BCUT2D eigenvalue weighted by Gasteiger charge is -2.46. The minimum atomic E-state index is -1.04. The predicted octanol–water partition coefficient (Wildman–Crippen LogP) is 2.63. The van der Waals surface area contributed by atoms with Crippen LogP contribution in [0.25, 0.3) is 0 Å². The fourth-order valence-corrected chi connectivity index (χ4v) is 3.29. The van der Waals surface area contributed by atoms with E-state index in [0.717, 1.165) is 25.0 Å². The Morgan fingerprint density at radius 3 is 2.54 bits per heavy atom. The number of carbonyl (C=O) groups excluding carboxylic acids is 2. The first-order valence-electron chi connectivity index (χ1n) is 8.31. The van der Waals surface area contributed by atoms with Crippen LogP contribution >= 0.6 is 0 Å². The summed E-state index contributed by atoms with van der Waals surface area (Å²) in [5.41, 5.74) is -0.319. The maximum absolute atomic E-state index is 13.5. The zero-order valence-corrected chi connectivity index (χ0v) is 13.6. The highest BCUT2D eigenvalue weighted by molar-refractivity contribution is 6.02. The van der Waals surface area contributed by atoms with Gasteiger partial charge in [0.05, 0.1) is 11.3 Å². The van der Waals surface area contributed by atoms with Gasteiger partial charge >= 0.3 is 0 Å². The molecule has 1 aromatic rings. The van der Waals surface area contributed by atoms with Crippen LogP contribution in [0.2, 0.25) is 0 Å². The third-order valence-electron chi connectivity index (χ3n) is 4.75. The smallest absolute Gasteiger partial charge is 0.255 e. The molecule has 130 valence electrons. The second-order valence-corrected chi connectivity index (χ2v) is 6.46. The first-order valence-corrected chi connectivity index (χ1v) is 8.31. The Hall–Kier alpha value is -2.18. The average Bonchev–Trinajstić information content (AvgIpc) is 2.55. The fraction of sp³-hybridized carbons (Fsp3) is 0.529. The van der Waals surface area contributed by atoms with E-state index in [0.29, 0.717) is 38.0 Å². The third kappa shape index (κ3) is 3.07. The molecule has 1 spiro atoms. The van der Waals surface area contributed by atoms with Gasteiger partial charge in [0.15, 0.2) is 11.6 Å². The summed E-state index contributed by atoms with van der Waals surface area (Å²) >= 11 is 0. The summed E-state index contributed by atoms with van der Waals surface area (Å²) in [5.74, 6) is -2.33. The summed E-state index contributed by atoms with van der Waals surface area (Å²) in [6, 6.07) is 1.92. The van der Waals surface area contributed by atoms with E-state index >= 15 is 0 Å². The number of nitrogens with zero attached hydrogens (tertiary/aromatic N) is 1. The lowest BCUT2D eigenvalue weighted by Crippen LogP contribution is -2.62. The number of nitrogens with one attached hydrogen (secondary N) is 2. The number of piperidine rings is 1. The average molecular weight is 337 g/mol. The van der Waals surface area contributed by atoms with Gasteiger partial charge in [0, 0.05) is 38.4 Å². The van der Waals surface area contributed by atoms with Crippen molar-refractivity contribution in [1.82, 2.24) is 10.2 Å². The molecule has 24 heavy (non-hydrogen) atoms. The number of amides is 2. The Labute approximate surface area is 139 Å². The molecule has 1 aromatic carbocycles. The topological polar surface area (TPSA) is 61.4 Å². The van der Waals surface area contributed by atoms with E-state index in [9.17, 15) is 18.4 Å². The zero-order chi connectivity index (χ0) is 17.3. The Kier molecular flexibility index (Phi) is 4.43. The molecule has 7 heteroatoms. The molecule has 0 bridgehead atoms. The summed E-state index contributed by atoms with van der Waals surface area (Å²) in [7, 11) is 0. The fourth-order valence-electron chi connectivity index (χ4n) is 3.29. The van der Waals surface area contributed by atoms with Crippen molar-refractivity contribution in [3.8, 4) is 0 Å². The molecule has 2 aliphatic heterocycles. The summed E-state index contributed by atoms with van der Waals surface area (Å²) in [4.78, 5) is 26.2. The quantitative estimate of drug-likeness (QED) is 0.891. The molecule has 2 N–H and O–H groups in total. The van der Waals surface area contributed by atoms with Crippen molar-refractivity contribution < 1.29 is 18.4 Å². The van der Waals surface area contributed by atoms with Gasteiger partial charge in [0.25, 0.3) is 5.91 Å². The van der Waals surface area contributed by atoms with Gasteiger partial charge in [-0.05, 0) is 12.5 Å². The van der Waals surface area contributed by atoms with Crippen LogP contribution in [-0.2, 0) is 4.79 Å². The van der Waals surface area contributed by atoms with Crippen molar-refractivity contribution in [2.24, 2.45) is 0 Å². The number of hydrogen-bond acceptors (Lipinski definition) is 3. The van der Waals surface area contributed by atoms with Gasteiger partial charge in [-0.25, -0.2) is 8.78 Å². The van der Waals surface area contributed by atoms with E-state index in [1.165, 1.54) is 0 Å². The van der Waals surface area contributed by atoms with Crippen LogP contribution in [0, 0.1) is 11.6 Å². The second-order valence-electron chi connectivity index (χ2n) is 6.46. The molecule has 1 fully saturated rings. The molecule has 3 rings (SSSR count). The van der Waals surface area contributed by atoms with Gasteiger partial charge < -0.3 is 15.5 Å². The van der Waals surface area contributed by atoms with Crippen LogP contribution in [0.15, 0.2) is 12.1 Å². The molecule has 0 radical (unpaired) electrons. The van der Waals surface area contributed by atoms with Crippen LogP contribution in [0.5, 0.6) is 0 Å². The zero-order valence-electron chi connectivity index (χ0n) is 13.6. The van der Waals surface area contributed by atoms with Crippen LogP contribution in [-0.4, -0.2) is 35.5 Å². The molecule has 0 saturated carbocycles. The third-order valence-corrected chi connectivity index (χ3v) is 4.75. The number of anilines is 1. The number of fused-ring (bicyclic) bond motifs is 1. The number of hydrogen-bond donors (Lipinski definition) is 2. The Balaban J connectivity index is 1.72. The maximum Gasteiger partial charge on any atom is 0.255 e. The SMILES string of the molecule is CCCCC(=O)N1CCC2(CC1)NC(=O)c1cc(F)c(F)cc1N2. The number of halogens is 2. The molecule has 2 amide bonds. The summed E-state index contributed by atoms with van der Waals surface area (Å²) < 4.78 is 26.8. The molecule has 2 aliphatic rings. The highest BCUT2D eigenvalue weighted by Crippen LogP contribution is 2.32. The van der Waals surface area contributed by atoms with Gasteiger partial charge in [-0.15, -0.1) is 0 Å². The molecule has 2 heterocycles. The number of likely N-dealkylation sites (tertiary alicyclic amines) is 1. The summed E-state index contributed by atoms with van der Waals surface area (Å²) in [6.07, 6.45) is 3.43. The molecule has 0 unspecified atom stereocenters. The van der Waals surface area contributed by atoms with Gasteiger partial charge in [-0.2, -0.15) is 0 Å². The molecule has 0 atom stereocenters. The van der Waals surface area contributed by atoms with E-state index < -0.39 is 23.2 Å². The van der Waals surface area contributed by atoms with Crippen molar-refractivity contribution in [2.75, 3.05) is 18.4 Å². The van der Waals surface area contributed by atoms with Crippen molar-refractivity contribution in [3.63, 3.8) is 0 Å². The van der Waals surface area contributed by atoms with E-state index in [4.69, 9.17) is 0 Å². The van der Waals surface area contributed by atoms with Crippen molar-refractivity contribution in [3.05, 3.63) is 29.3 Å². The predicted molar refractivity (Wildman–Crippen MR) is 85.5 cm³/mol. The van der Waals surface area contributed by atoms with Gasteiger partial charge in [0.2, 0.25) is 5.91 Å². The molecule has 0 aromatic heterocycles. The Bertz CT molecular complexity index is 670. The number of carbonyl (C=O) groups is 2. The normalized spacial score (nSPS) is 18.8. The van der Waals surface area contributed by atoms with E-state index in [1.807, 2.05) is 6.92 Å². The minimum absolute atomic E-state index is 0.0981.